The SMILES string of the molecule is CCN(CC)CCCNC(=O)c1ccc(=O)n(-c2cccc(C(F)(F)F)c2)c1. The van der Waals surface area contributed by atoms with E-state index in [0.29, 0.717) is 6.54 Å². The molecule has 1 aromatic heterocycles. The number of alkyl halides is 3. The van der Waals surface area contributed by atoms with Gasteiger partial charge in [-0.3, -0.25) is 14.2 Å². The lowest BCUT2D eigenvalue weighted by Gasteiger charge is -2.17. The Labute approximate surface area is 161 Å². The molecule has 1 aromatic carbocycles. The fraction of sp³-hybridized carbons (Fsp3) is 0.400. The second kappa shape index (κ2) is 9.54. The van der Waals surface area contributed by atoms with Gasteiger partial charge in [0, 0.05) is 24.5 Å². The average Bonchev–Trinajstić information content (AvgIpc) is 2.67. The number of rotatable bonds is 8. The highest BCUT2D eigenvalue weighted by Crippen LogP contribution is 2.30. The smallest absolute Gasteiger partial charge is 0.352 e. The van der Waals surface area contributed by atoms with Crippen molar-refractivity contribution in [3.05, 3.63) is 64.1 Å². The van der Waals surface area contributed by atoms with E-state index in [0.717, 1.165) is 42.8 Å². The highest BCUT2D eigenvalue weighted by Gasteiger charge is 2.30. The van der Waals surface area contributed by atoms with E-state index < -0.39 is 17.3 Å². The van der Waals surface area contributed by atoms with Crippen LogP contribution in [0.3, 0.4) is 0 Å². The molecule has 1 heterocycles. The fourth-order valence-electron chi connectivity index (χ4n) is 2.80. The summed E-state index contributed by atoms with van der Waals surface area (Å²) in [4.78, 5) is 26.7. The van der Waals surface area contributed by atoms with Crippen molar-refractivity contribution in [3.63, 3.8) is 0 Å². The maximum Gasteiger partial charge on any atom is 0.416 e. The quantitative estimate of drug-likeness (QED) is 0.698. The maximum absolute atomic E-state index is 12.9. The lowest BCUT2D eigenvalue weighted by molar-refractivity contribution is -0.137. The van der Waals surface area contributed by atoms with Gasteiger partial charge in [-0.15, -0.1) is 0 Å². The van der Waals surface area contributed by atoms with Crippen LogP contribution in [0.2, 0.25) is 0 Å². The number of hydrogen-bond acceptors (Lipinski definition) is 3. The molecule has 0 bridgehead atoms. The molecular weight excluding hydrogens is 371 g/mol. The van der Waals surface area contributed by atoms with E-state index in [2.05, 4.69) is 24.1 Å². The molecule has 0 unspecified atom stereocenters. The summed E-state index contributed by atoms with van der Waals surface area (Å²) in [6.07, 6.45) is -2.47. The van der Waals surface area contributed by atoms with Crippen LogP contribution in [0.4, 0.5) is 13.2 Å². The van der Waals surface area contributed by atoms with Gasteiger partial charge in [-0.2, -0.15) is 13.2 Å². The van der Waals surface area contributed by atoms with Crippen LogP contribution >= 0.6 is 0 Å². The van der Waals surface area contributed by atoms with Gasteiger partial charge in [-0.05, 0) is 50.3 Å². The molecule has 0 fully saturated rings. The van der Waals surface area contributed by atoms with Gasteiger partial charge in [0.1, 0.15) is 0 Å². The van der Waals surface area contributed by atoms with E-state index >= 15 is 0 Å². The van der Waals surface area contributed by atoms with Gasteiger partial charge < -0.3 is 10.2 Å². The second-order valence-corrected chi connectivity index (χ2v) is 6.31. The zero-order chi connectivity index (χ0) is 20.7. The largest absolute Gasteiger partial charge is 0.416 e. The van der Waals surface area contributed by atoms with Crippen molar-refractivity contribution >= 4 is 5.91 Å². The van der Waals surface area contributed by atoms with Crippen molar-refractivity contribution in [2.24, 2.45) is 0 Å². The van der Waals surface area contributed by atoms with Crippen LogP contribution in [0.15, 0.2) is 47.4 Å². The zero-order valence-corrected chi connectivity index (χ0v) is 15.9. The first-order chi connectivity index (χ1) is 13.3. The molecule has 5 nitrogen and oxygen atoms in total. The molecular formula is C20H24F3N3O2. The van der Waals surface area contributed by atoms with Crippen LogP contribution in [0, 0.1) is 0 Å². The molecule has 0 aliphatic rings. The van der Waals surface area contributed by atoms with Crippen molar-refractivity contribution in [3.8, 4) is 5.69 Å². The molecule has 2 rings (SSSR count). The number of amides is 1. The Morgan fingerprint density at radius 3 is 2.50 bits per heavy atom. The summed E-state index contributed by atoms with van der Waals surface area (Å²) >= 11 is 0. The summed E-state index contributed by atoms with van der Waals surface area (Å²) in [6.45, 7) is 7.34. The van der Waals surface area contributed by atoms with Gasteiger partial charge in [-0.25, -0.2) is 0 Å². The third-order valence-electron chi connectivity index (χ3n) is 4.46. The van der Waals surface area contributed by atoms with Gasteiger partial charge in [0.05, 0.1) is 11.1 Å². The number of carbonyl (C=O) groups is 1. The van der Waals surface area contributed by atoms with E-state index in [1.165, 1.54) is 30.5 Å². The van der Waals surface area contributed by atoms with Gasteiger partial charge >= 0.3 is 6.18 Å². The van der Waals surface area contributed by atoms with Crippen LogP contribution < -0.4 is 10.9 Å². The summed E-state index contributed by atoms with van der Waals surface area (Å²) in [5.41, 5.74) is -1.11. The summed E-state index contributed by atoms with van der Waals surface area (Å²) < 4.78 is 39.8. The first-order valence-electron chi connectivity index (χ1n) is 9.17. The maximum atomic E-state index is 12.9. The summed E-state index contributed by atoms with van der Waals surface area (Å²) in [5, 5.41) is 2.78. The lowest BCUT2D eigenvalue weighted by atomic mass is 10.2. The predicted molar refractivity (Wildman–Crippen MR) is 102 cm³/mol. The number of nitrogens with zero attached hydrogens (tertiary/aromatic N) is 2. The molecule has 0 aliphatic heterocycles. The van der Waals surface area contributed by atoms with E-state index in [4.69, 9.17) is 0 Å². The lowest BCUT2D eigenvalue weighted by Crippen LogP contribution is -2.30. The van der Waals surface area contributed by atoms with Gasteiger partial charge in [0.2, 0.25) is 0 Å². The third-order valence-corrected chi connectivity index (χ3v) is 4.46. The van der Waals surface area contributed by atoms with E-state index in [-0.39, 0.29) is 17.2 Å². The zero-order valence-electron chi connectivity index (χ0n) is 15.9. The summed E-state index contributed by atoms with van der Waals surface area (Å²) in [7, 11) is 0. The highest BCUT2D eigenvalue weighted by molar-refractivity contribution is 5.93. The average molecular weight is 395 g/mol. The van der Waals surface area contributed by atoms with Crippen LogP contribution in [0.1, 0.15) is 36.2 Å². The van der Waals surface area contributed by atoms with Crippen LogP contribution in [0.5, 0.6) is 0 Å². The van der Waals surface area contributed by atoms with E-state index in [9.17, 15) is 22.8 Å². The number of pyridine rings is 1. The van der Waals surface area contributed by atoms with Crippen LogP contribution in [-0.4, -0.2) is 41.6 Å². The molecule has 0 aliphatic carbocycles. The van der Waals surface area contributed by atoms with Crippen molar-refractivity contribution < 1.29 is 18.0 Å². The minimum Gasteiger partial charge on any atom is -0.352 e. The Hall–Kier alpha value is -2.61. The monoisotopic (exact) mass is 395 g/mol. The number of benzene rings is 1. The first kappa shape index (κ1) is 21.7. The number of halogens is 3. The fourth-order valence-corrected chi connectivity index (χ4v) is 2.80. The highest BCUT2D eigenvalue weighted by atomic mass is 19.4. The second-order valence-electron chi connectivity index (χ2n) is 6.31. The Bertz CT molecular complexity index is 858. The van der Waals surface area contributed by atoms with Crippen molar-refractivity contribution in [2.45, 2.75) is 26.4 Å². The summed E-state index contributed by atoms with van der Waals surface area (Å²) in [5.74, 6) is -0.375. The summed E-state index contributed by atoms with van der Waals surface area (Å²) in [6, 6.07) is 6.97. The Kier molecular flexibility index (Phi) is 7.39. The molecule has 1 amide bonds. The number of nitrogens with one attached hydrogen (secondary N) is 1. The van der Waals surface area contributed by atoms with Crippen molar-refractivity contribution in [1.29, 1.82) is 0 Å². The minimum atomic E-state index is -4.51. The first-order valence-corrected chi connectivity index (χ1v) is 9.17. The van der Waals surface area contributed by atoms with Gasteiger partial charge in [0.15, 0.2) is 0 Å². The normalized spacial score (nSPS) is 11.6. The number of aromatic nitrogens is 1. The number of hydrogen-bond donors (Lipinski definition) is 1. The molecule has 152 valence electrons. The third kappa shape index (κ3) is 5.69. The minimum absolute atomic E-state index is 0.0519. The number of carbonyl (C=O) groups excluding carboxylic acids is 1. The predicted octanol–water partition coefficient (Wildman–Crippen LogP) is 3.32. The molecule has 1 N–H and O–H groups in total. The van der Waals surface area contributed by atoms with Crippen molar-refractivity contribution in [1.82, 2.24) is 14.8 Å². The molecule has 28 heavy (non-hydrogen) atoms. The van der Waals surface area contributed by atoms with Crippen LogP contribution in [-0.2, 0) is 6.18 Å². The van der Waals surface area contributed by atoms with E-state index in [1.54, 1.807) is 0 Å². The topological polar surface area (TPSA) is 54.3 Å². The molecule has 0 radical (unpaired) electrons. The molecule has 0 atom stereocenters. The van der Waals surface area contributed by atoms with Crippen LogP contribution in [0.25, 0.3) is 5.69 Å². The van der Waals surface area contributed by atoms with Crippen molar-refractivity contribution in [2.75, 3.05) is 26.2 Å². The Morgan fingerprint density at radius 1 is 1.14 bits per heavy atom. The Morgan fingerprint density at radius 2 is 1.86 bits per heavy atom. The van der Waals surface area contributed by atoms with E-state index in [1.807, 2.05) is 0 Å². The molecule has 0 saturated carbocycles. The molecule has 8 heteroatoms. The van der Waals surface area contributed by atoms with Gasteiger partial charge in [0.25, 0.3) is 11.5 Å². The molecule has 0 spiro atoms. The molecule has 2 aromatic rings. The Balaban J connectivity index is 2.13. The molecule has 0 saturated heterocycles. The van der Waals surface area contributed by atoms with Gasteiger partial charge in [-0.1, -0.05) is 19.9 Å². The standard InChI is InChI=1S/C20H24F3N3O2/c1-3-25(4-2)12-6-11-24-19(28)15-9-10-18(27)26(14-15)17-8-5-7-16(13-17)20(21,22)23/h5,7-10,13-14H,3-4,6,11-12H2,1-2H3,(H,24,28).